The van der Waals surface area contributed by atoms with Crippen LogP contribution in [0.25, 0.3) is 20.5 Å². The average Bonchev–Trinajstić information content (AvgIpc) is 2.67. The quantitative estimate of drug-likeness (QED) is 0.293. The molecule has 0 saturated heterocycles. The summed E-state index contributed by atoms with van der Waals surface area (Å²) in [5.74, 6) is 0. The molecule has 1 aliphatic carbocycles. The van der Waals surface area contributed by atoms with E-state index in [1.165, 1.54) is 25.9 Å². The van der Waals surface area contributed by atoms with Crippen molar-refractivity contribution in [2.75, 3.05) is 26.2 Å². The first-order valence-corrected chi connectivity index (χ1v) is 13.1. The topological polar surface area (TPSA) is 199 Å². The van der Waals surface area contributed by atoms with E-state index >= 15 is 0 Å². The van der Waals surface area contributed by atoms with E-state index in [0.29, 0.717) is 0 Å². The molecule has 0 radical (unpaired) electrons. The smallest absolute Gasteiger partial charge is 0.199 e. The van der Waals surface area contributed by atoms with Gasteiger partial charge in [-0.15, -0.1) is 21.6 Å². The Labute approximate surface area is 203 Å². The second-order valence-electron chi connectivity index (χ2n) is 6.41. The number of nitrogens with zero attached hydrogens (tertiary/aromatic N) is 1. The van der Waals surface area contributed by atoms with Crippen LogP contribution in [0.2, 0.25) is 5.02 Å². The summed E-state index contributed by atoms with van der Waals surface area (Å²) in [6.45, 7) is 8.67. The molecular formula is C19H23Cl3N2O8S. The fraction of sp³-hybridized carbons (Fsp3) is 0.316. The zero-order chi connectivity index (χ0) is 25.2. The van der Waals surface area contributed by atoms with Crippen molar-refractivity contribution in [1.82, 2.24) is 4.90 Å². The van der Waals surface area contributed by atoms with Crippen LogP contribution in [-0.2, 0) is 0 Å². The highest BCUT2D eigenvalue weighted by molar-refractivity contribution is 7.21. The van der Waals surface area contributed by atoms with Gasteiger partial charge in [0, 0.05) is 26.7 Å². The van der Waals surface area contributed by atoms with Crippen LogP contribution in [0.5, 0.6) is 0 Å². The monoisotopic (exact) mass is 544 g/mol. The first kappa shape index (κ1) is 29.9. The number of nitrogens with one attached hydrogen (secondary N) is 1. The molecule has 3 rings (SSSR count). The predicted molar refractivity (Wildman–Crippen MR) is 102 cm³/mol. The predicted octanol–water partition coefficient (Wildman–Crippen LogP) is -5.90. The Morgan fingerprint density at radius 2 is 1.52 bits per heavy atom. The first-order chi connectivity index (χ1) is 15.2. The minimum Gasteiger partial charge on any atom is -0.298 e. The number of likely N-dealkylation sites (N-methyl/N-ethyl adjacent to an activating group) is 1. The lowest BCUT2D eigenvalue weighted by atomic mass is 10.1. The van der Waals surface area contributed by atoms with E-state index in [1.54, 1.807) is 0 Å². The van der Waals surface area contributed by atoms with Crippen LogP contribution >= 0.6 is 22.9 Å². The number of hydrogen-bond acceptors (Lipinski definition) is 10. The summed E-state index contributed by atoms with van der Waals surface area (Å²) in [5.41, 5.74) is 1.26. The van der Waals surface area contributed by atoms with Gasteiger partial charge in [-0.25, -0.2) is 23.6 Å². The van der Waals surface area contributed by atoms with Crippen LogP contribution in [-0.4, -0.2) is 35.7 Å². The standard InChI is InChI=1S/C19H21ClN2S.2ClHO4/c1-3-22(4-2)10-9-21-17-7-5-14-11-15-12-16(20)6-8-18(15)23-19(14)13-17;2*2-1(3,4)5/h5-8,11-13H,3-4,9-10H2,1-2H3;2*(H,2,3,4,5). The maximum Gasteiger partial charge on any atom is 0.199 e. The molecule has 0 spiro atoms. The summed E-state index contributed by atoms with van der Waals surface area (Å²) >= 11 is 7.91. The fourth-order valence-electron chi connectivity index (χ4n) is 2.76. The molecule has 0 saturated carbocycles. The van der Waals surface area contributed by atoms with Gasteiger partial charge in [-0.3, -0.25) is 4.90 Å². The van der Waals surface area contributed by atoms with Crippen molar-refractivity contribution in [2.24, 2.45) is 0 Å². The first-order valence-electron chi connectivity index (χ1n) is 9.37. The Kier molecular flexibility index (Phi) is 12.4. The number of halogens is 3. The van der Waals surface area contributed by atoms with Crippen molar-refractivity contribution in [3.05, 3.63) is 52.8 Å². The molecular weight excluding hydrogens is 523 g/mol. The van der Waals surface area contributed by atoms with E-state index in [0.717, 1.165) is 31.2 Å². The van der Waals surface area contributed by atoms with Gasteiger partial charge in [-0.05, 0) is 54.4 Å². The van der Waals surface area contributed by atoms with Gasteiger partial charge in [-0.2, -0.15) is 14.0 Å². The zero-order valence-electron chi connectivity index (χ0n) is 17.7. The van der Waals surface area contributed by atoms with E-state index in [2.05, 4.69) is 54.1 Å². The van der Waals surface area contributed by atoms with Gasteiger partial charge < -0.3 is 0 Å². The van der Waals surface area contributed by atoms with Crippen LogP contribution in [0.15, 0.2) is 42.5 Å². The minimum atomic E-state index is -4.94. The minimum absolute atomic E-state index is 0.790. The van der Waals surface area contributed by atoms with Gasteiger partial charge in [0.1, 0.15) is 0 Å². The Morgan fingerprint density at radius 1 is 0.939 bits per heavy atom. The zero-order valence-corrected chi connectivity index (χ0v) is 20.7. The molecule has 2 aliphatic rings. The van der Waals surface area contributed by atoms with Gasteiger partial charge in [0.25, 0.3) is 0 Å². The van der Waals surface area contributed by atoms with Gasteiger partial charge in [0.15, 0.2) is 11.9 Å². The SMILES string of the molecule is CCN(CC)CC[NH+]=c1ccc2cc3cc(Cl)ccc3sc-2c1.[O-][Cl+3]([O-])([O-])O.[O-][Cl+3]([O-])([O-])[O-]. The highest BCUT2D eigenvalue weighted by Gasteiger charge is 2.07. The van der Waals surface area contributed by atoms with Gasteiger partial charge in [-0.1, -0.05) is 25.4 Å². The molecule has 0 unspecified atom stereocenters. The van der Waals surface area contributed by atoms with Crippen molar-refractivity contribution in [1.29, 1.82) is 0 Å². The summed E-state index contributed by atoms with van der Waals surface area (Å²) in [6, 6.07) is 14.9. The van der Waals surface area contributed by atoms with Gasteiger partial charge in [0.2, 0.25) is 0 Å². The summed E-state index contributed by atoms with van der Waals surface area (Å²) in [6.07, 6.45) is 0. The third kappa shape index (κ3) is 14.0. The molecule has 2 N–H and O–H groups in total. The molecule has 0 fully saturated rings. The molecule has 0 amide bonds. The largest absolute Gasteiger partial charge is 0.298 e. The lowest BCUT2D eigenvalue weighted by Gasteiger charge is -2.17. The highest BCUT2D eigenvalue weighted by Crippen LogP contribution is 2.33. The maximum atomic E-state index is 8.60. The summed E-state index contributed by atoms with van der Waals surface area (Å²) in [4.78, 5) is 7.26. The summed E-state index contributed by atoms with van der Waals surface area (Å²) in [5, 5.41) is 3.19. The average molecular weight is 546 g/mol. The third-order valence-corrected chi connectivity index (χ3v) is 5.57. The highest BCUT2D eigenvalue weighted by atomic mass is 35.7. The molecule has 33 heavy (non-hydrogen) atoms. The molecule has 0 bridgehead atoms. The molecule has 1 aromatic carbocycles. The molecule has 1 heterocycles. The van der Waals surface area contributed by atoms with E-state index in [4.69, 9.17) is 48.9 Å². The fourth-order valence-corrected chi connectivity index (χ4v) is 3.98. The molecule has 1 aliphatic heterocycles. The van der Waals surface area contributed by atoms with Crippen molar-refractivity contribution in [3.8, 4) is 10.4 Å². The molecule has 0 atom stereocenters. The lowest BCUT2D eigenvalue weighted by Crippen LogP contribution is -2.78. The Hall–Kier alpha value is -1.16. The second kappa shape index (κ2) is 13.7. The van der Waals surface area contributed by atoms with Gasteiger partial charge >= 0.3 is 0 Å². The molecule has 184 valence electrons. The Balaban J connectivity index is 0.000000460. The lowest BCUT2D eigenvalue weighted by molar-refractivity contribution is -2.00. The van der Waals surface area contributed by atoms with E-state index in [1.807, 2.05) is 23.5 Å². The molecule has 1 aromatic rings. The summed E-state index contributed by atoms with van der Waals surface area (Å²) in [7, 11) is -9.64. The molecule has 10 nitrogen and oxygen atoms in total. The third-order valence-electron chi connectivity index (χ3n) is 4.17. The normalized spacial score (nSPS) is 12.4. The second-order valence-corrected chi connectivity index (χ2v) is 9.48. The van der Waals surface area contributed by atoms with E-state index in [9.17, 15) is 0 Å². The van der Waals surface area contributed by atoms with Crippen LogP contribution < -0.4 is 43.0 Å². The Morgan fingerprint density at radius 3 is 2.06 bits per heavy atom. The van der Waals surface area contributed by atoms with Crippen molar-refractivity contribution >= 4 is 33.0 Å². The van der Waals surface area contributed by atoms with Crippen LogP contribution in [0.4, 0.5) is 0 Å². The maximum absolute atomic E-state index is 8.60. The summed E-state index contributed by atoms with van der Waals surface area (Å²) < 4.78 is 68.0. The molecule has 0 aromatic heterocycles. The van der Waals surface area contributed by atoms with Gasteiger partial charge in [0.05, 0.1) is 21.4 Å². The van der Waals surface area contributed by atoms with Crippen molar-refractivity contribution in [2.45, 2.75) is 13.8 Å². The Bertz CT molecular complexity index is 1010. The van der Waals surface area contributed by atoms with Crippen LogP contribution in [0, 0.1) is 20.5 Å². The number of rotatable bonds is 5. The van der Waals surface area contributed by atoms with Crippen molar-refractivity contribution < 1.29 is 62.8 Å². The van der Waals surface area contributed by atoms with Crippen LogP contribution in [0.3, 0.4) is 0 Å². The van der Waals surface area contributed by atoms with Crippen molar-refractivity contribution in [3.63, 3.8) is 0 Å². The number of benzene rings is 2. The number of fused-ring (bicyclic) bond motifs is 2. The van der Waals surface area contributed by atoms with E-state index in [-0.39, 0.29) is 0 Å². The van der Waals surface area contributed by atoms with Crippen LogP contribution in [0.1, 0.15) is 13.8 Å². The number of hydrogen-bond donors (Lipinski definition) is 2. The molecule has 14 heteroatoms. The van der Waals surface area contributed by atoms with E-state index < -0.39 is 20.5 Å².